The van der Waals surface area contributed by atoms with Gasteiger partial charge in [0.2, 0.25) is 6.79 Å². The van der Waals surface area contributed by atoms with Crippen LogP contribution in [0.3, 0.4) is 0 Å². The molecule has 0 radical (unpaired) electrons. The molecule has 0 fully saturated rings. The van der Waals surface area contributed by atoms with Gasteiger partial charge in [0.25, 0.3) is 0 Å². The van der Waals surface area contributed by atoms with Crippen LogP contribution in [0.4, 0.5) is 13.2 Å². The number of halogens is 3. The third-order valence-electron chi connectivity index (χ3n) is 3.17. The minimum atomic E-state index is -1.45. The molecule has 1 aliphatic heterocycles. The maximum Gasteiger partial charge on any atom is 0.231 e. The molecule has 2 aromatic rings. The maximum atomic E-state index is 13.1. The third kappa shape index (κ3) is 2.80. The predicted octanol–water partition coefficient (Wildman–Crippen LogP) is 3.12. The zero-order chi connectivity index (χ0) is 14.8. The van der Waals surface area contributed by atoms with Crippen molar-refractivity contribution in [1.82, 2.24) is 5.32 Å². The first kappa shape index (κ1) is 13.8. The summed E-state index contributed by atoms with van der Waals surface area (Å²) in [4.78, 5) is 0. The average Bonchev–Trinajstić information content (AvgIpc) is 2.94. The smallest absolute Gasteiger partial charge is 0.231 e. The van der Waals surface area contributed by atoms with Gasteiger partial charge < -0.3 is 14.8 Å². The van der Waals surface area contributed by atoms with E-state index < -0.39 is 17.5 Å². The van der Waals surface area contributed by atoms with Crippen LogP contribution in [-0.2, 0) is 13.1 Å². The van der Waals surface area contributed by atoms with Crippen LogP contribution in [0.5, 0.6) is 11.5 Å². The number of fused-ring (bicyclic) bond motifs is 1. The monoisotopic (exact) mass is 295 g/mol. The summed E-state index contributed by atoms with van der Waals surface area (Å²) in [6.45, 7) is 0.826. The number of benzene rings is 2. The van der Waals surface area contributed by atoms with Crippen LogP contribution in [-0.4, -0.2) is 6.79 Å². The quantitative estimate of drug-likeness (QED) is 0.879. The minimum absolute atomic E-state index is 0.181. The van der Waals surface area contributed by atoms with Gasteiger partial charge in [-0.25, -0.2) is 13.2 Å². The fourth-order valence-electron chi connectivity index (χ4n) is 2.18. The van der Waals surface area contributed by atoms with Crippen molar-refractivity contribution in [2.45, 2.75) is 13.1 Å². The molecule has 0 bridgehead atoms. The Kier molecular flexibility index (Phi) is 3.70. The first-order valence-electron chi connectivity index (χ1n) is 6.37. The second-order valence-corrected chi connectivity index (χ2v) is 4.63. The molecule has 0 atom stereocenters. The molecule has 0 aliphatic carbocycles. The summed E-state index contributed by atoms with van der Waals surface area (Å²) < 4.78 is 49.6. The Labute approximate surface area is 119 Å². The summed E-state index contributed by atoms with van der Waals surface area (Å²) in [6.07, 6.45) is 0. The molecule has 0 saturated heterocycles. The van der Waals surface area contributed by atoms with Crippen molar-refractivity contribution in [1.29, 1.82) is 0 Å². The highest BCUT2D eigenvalue weighted by Crippen LogP contribution is 2.35. The van der Waals surface area contributed by atoms with Crippen molar-refractivity contribution in [2.75, 3.05) is 6.79 Å². The van der Waals surface area contributed by atoms with Gasteiger partial charge >= 0.3 is 0 Å². The van der Waals surface area contributed by atoms with E-state index >= 15 is 0 Å². The molecule has 0 saturated carbocycles. The molecule has 0 unspecified atom stereocenters. The van der Waals surface area contributed by atoms with Gasteiger partial charge in [0, 0.05) is 18.7 Å². The Morgan fingerprint density at radius 3 is 2.52 bits per heavy atom. The van der Waals surface area contributed by atoms with Crippen molar-refractivity contribution in [2.24, 2.45) is 0 Å². The summed E-state index contributed by atoms with van der Waals surface area (Å²) >= 11 is 0. The van der Waals surface area contributed by atoms with Crippen LogP contribution in [0.1, 0.15) is 11.1 Å². The van der Waals surface area contributed by atoms with Gasteiger partial charge in [-0.05, 0) is 23.8 Å². The molecule has 110 valence electrons. The summed E-state index contributed by atoms with van der Waals surface area (Å²) in [5, 5.41) is 3.03. The third-order valence-corrected chi connectivity index (χ3v) is 3.17. The lowest BCUT2D eigenvalue weighted by Gasteiger charge is -2.08. The molecule has 3 nitrogen and oxygen atoms in total. The number of hydrogen-bond donors (Lipinski definition) is 1. The van der Waals surface area contributed by atoms with Crippen LogP contribution in [0.15, 0.2) is 30.3 Å². The highest BCUT2D eigenvalue weighted by molar-refractivity contribution is 5.48. The minimum Gasteiger partial charge on any atom is -0.454 e. The lowest BCUT2D eigenvalue weighted by molar-refractivity contribution is 0.173. The molecule has 3 rings (SSSR count). The molecule has 0 aromatic heterocycles. The predicted molar refractivity (Wildman–Crippen MR) is 69.4 cm³/mol. The molecule has 1 N–H and O–H groups in total. The highest BCUT2D eigenvalue weighted by Gasteiger charge is 2.16. The molecule has 0 amide bonds. The Bertz CT molecular complexity index is 653. The second-order valence-electron chi connectivity index (χ2n) is 4.63. The molecule has 2 aromatic carbocycles. The SMILES string of the molecule is Fc1cc(CNCc2cccc3c2OCO3)cc(F)c1F. The van der Waals surface area contributed by atoms with Crippen LogP contribution in [0, 0.1) is 17.5 Å². The lowest BCUT2D eigenvalue weighted by Crippen LogP contribution is -2.14. The summed E-state index contributed by atoms with van der Waals surface area (Å²) in [6, 6.07) is 7.45. The van der Waals surface area contributed by atoms with Crippen LogP contribution < -0.4 is 14.8 Å². The molecule has 21 heavy (non-hydrogen) atoms. The van der Waals surface area contributed by atoms with Gasteiger partial charge in [0.05, 0.1) is 0 Å². The van der Waals surface area contributed by atoms with Crippen molar-refractivity contribution in [3.8, 4) is 11.5 Å². The van der Waals surface area contributed by atoms with Crippen molar-refractivity contribution in [3.63, 3.8) is 0 Å². The summed E-state index contributed by atoms with van der Waals surface area (Å²) in [7, 11) is 0. The molecule has 0 spiro atoms. The molecule has 1 heterocycles. The molecular formula is C15H12F3NO2. The van der Waals surface area contributed by atoms with Crippen molar-refractivity contribution in [3.05, 3.63) is 58.9 Å². The fraction of sp³-hybridized carbons (Fsp3) is 0.200. The van der Waals surface area contributed by atoms with E-state index in [-0.39, 0.29) is 13.3 Å². The number of rotatable bonds is 4. The van der Waals surface area contributed by atoms with E-state index in [1.54, 1.807) is 6.07 Å². The maximum absolute atomic E-state index is 13.1. The van der Waals surface area contributed by atoms with Gasteiger partial charge in [0.15, 0.2) is 29.0 Å². The van der Waals surface area contributed by atoms with Gasteiger partial charge in [-0.3, -0.25) is 0 Å². The van der Waals surface area contributed by atoms with Crippen LogP contribution in [0.25, 0.3) is 0 Å². The van der Waals surface area contributed by atoms with Gasteiger partial charge in [-0.15, -0.1) is 0 Å². The average molecular weight is 295 g/mol. The van der Waals surface area contributed by atoms with E-state index in [0.29, 0.717) is 23.6 Å². The van der Waals surface area contributed by atoms with Crippen molar-refractivity contribution < 1.29 is 22.6 Å². The van der Waals surface area contributed by atoms with E-state index in [0.717, 1.165) is 17.7 Å². The number of para-hydroxylation sites is 1. The van der Waals surface area contributed by atoms with Gasteiger partial charge in [-0.2, -0.15) is 0 Å². The number of nitrogens with one attached hydrogen (secondary N) is 1. The van der Waals surface area contributed by atoms with Crippen LogP contribution in [0.2, 0.25) is 0 Å². The van der Waals surface area contributed by atoms with E-state index in [1.165, 1.54) is 0 Å². The Hall–Kier alpha value is -2.21. The standard InChI is InChI=1S/C15H12F3NO2/c16-11-4-9(5-12(17)14(11)18)6-19-7-10-2-1-3-13-15(10)21-8-20-13/h1-5,19H,6-8H2. The largest absolute Gasteiger partial charge is 0.454 e. The zero-order valence-electron chi connectivity index (χ0n) is 11.0. The molecule has 6 heteroatoms. The summed E-state index contributed by atoms with van der Waals surface area (Å²) in [5.41, 5.74) is 1.21. The second kappa shape index (κ2) is 5.65. The van der Waals surface area contributed by atoms with E-state index in [1.807, 2.05) is 12.1 Å². The fourth-order valence-corrected chi connectivity index (χ4v) is 2.18. The Morgan fingerprint density at radius 2 is 1.76 bits per heavy atom. The Balaban J connectivity index is 1.66. The van der Waals surface area contributed by atoms with Crippen molar-refractivity contribution >= 4 is 0 Å². The topological polar surface area (TPSA) is 30.5 Å². The van der Waals surface area contributed by atoms with E-state index in [9.17, 15) is 13.2 Å². The molecular weight excluding hydrogens is 283 g/mol. The number of hydrogen-bond acceptors (Lipinski definition) is 3. The molecule has 1 aliphatic rings. The van der Waals surface area contributed by atoms with Gasteiger partial charge in [0.1, 0.15) is 0 Å². The Morgan fingerprint density at radius 1 is 1.00 bits per heavy atom. The van der Waals surface area contributed by atoms with E-state index in [2.05, 4.69) is 5.32 Å². The lowest BCUT2D eigenvalue weighted by atomic mass is 10.1. The summed E-state index contributed by atoms with van der Waals surface area (Å²) in [5.74, 6) is -2.49. The number of ether oxygens (including phenoxy) is 2. The first-order valence-corrected chi connectivity index (χ1v) is 6.37. The highest BCUT2D eigenvalue weighted by atomic mass is 19.2. The van der Waals surface area contributed by atoms with Crippen LogP contribution >= 0.6 is 0 Å². The zero-order valence-corrected chi connectivity index (χ0v) is 11.0. The first-order chi connectivity index (χ1) is 10.1. The van der Waals surface area contributed by atoms with E-state index in [4.69, 9.17) is 9.47 Å². The van der Waals surface area contributed by atoms with Gasteiger partial charge in [-0.1, -0.05) is 12.1 Å². The normalized spacial score (nSPS) is 12.7.